The van der Waals surface area contributed by atoms with Gasteiger partial charge in [-0.2, -0.15) is 11.8 Å². The maximum absolute atomic E-state index is 11.0. The van der Waals surface area contributed by atoms with E-state index < -0.39 is 24.1 Å². The largest absolute Gasteiger partial charge is 0.479 e. The Labute approximate surface area is 99.2 Å². The van der Waals surface area contributed by atoms with Crippen LogP contribution in [-0.4, -0.2) is 45.9 Å². The van der Waals surface area contributed by atoms with Crippen molar-refractivity contribution in [3.05, 3.63) is 0 Å². The summed E-state index contributed by atoms with van der Waals surface area (Å²) in [7, 11) is 0. The highest BCUT2D eigenvalue weighted by Gasteiger charge is 2.23. The highest BCUT2D eigenvalue weighted by atomic mass is 32.2. The molecule has 2 atom stereocenters. The van der Waals surface area contributed by atoms with Gasteiger partial charge in [-0.15, -0.1) is 0 Å². The van der Waals surface area contributed by atoms with E-state index in [4.69, 9.17) is 10.2 Å². The number of aliphatic carboxylic acids is 1. The topological polar surface area (TPSA) is 83.8 Å². The van der Waals surface area contributed by atoms with Crippen LogP contribution in [0.25, 0.3) is 0 Å². The Morgan fingerprint density at radius 2 is 2.00 bits per heavy atom. The van der Waals surface area contributed by atoms with Gasteiger partial charge in [0.25, 0.3) is 0 Å². The normalized spacial score (nSPS) is 14.2. The molecule has 0 aliphatic carbocycles. The molecule has 0 fully saturated rings. The zero-order valence-electron chi connectivity index (χ0n) is 9.51. The molecule has 0 aliphatic heterocycles. The molecule has 0 heterocycles. The fraction of sp³-hybridized carbons (Fsp3) is 0.800. The van der Waals surface area contributed by atoms with Crippen LogP contribution in [0.5, 0.6) is 0 Å². The lowest BCUT2D eigenvalue weighted by molar-refractivity contribution is -0.169. The maximum Gasteiger partial charge on any atom is 0.345 e. The number of hydrogen-bond donors (Lipinski definition) is 2. The summed E-state index contributed by atoms with van der Waals surface area (Å²) in [6, 6.07) is 0. The molecule has 2 unspecified atom stereocenters. The number of carboxylic acids is 1. The first-order chi connectivity index (χ1) is 7.49. The quantitative estimate of drug-likeness (QED) is 0.492. The summed E-state index contributed by atoms with van der Waals surface area (Å²) in [6.07, 6.45) is -1.16. The number of thioether (sulfide) groups is 1. The lowest BCUT2D eigenvalue weighted by Crippen LogP contribution is -2.31. The first-order valence-corrected chi connectivity index (χ1v) is 6.33. The third-order valence-electron chi connectivity index (χ3n) is 1.75. The molecule has 0 saturated heterocycles. The van der Waals surface area contributed by atoms with Gasteiger partial charge >= 0.3 is 11.9 Å². The van der Waals surface area contributed by atoms with Gasteiger partial charge in [0.1, 0.15) is 6.10 Å². The number of aliphatic hydroxyl groups excluding tert-OH is 1. The molecule has 0 aromatic carbocycles. The lowest BCUT2D eigenvalue weighted by Gasteiger charge is -2.14. The van der Waals surface area contributed by atoms with Crippen LogP contribution in [0, 0.1) is 0 Å². The van der Waals surface area contributed by atoms with E-state index in [9.17, 15) is 9.59 Å². The molecule has 16 heavy (non-hydrogen) atoms. The Bertz CT molecular complexity index is 229. The maximum atomic E-state index is 11.0. The van der Waals surface area contributed by atoms with Crippen molar-refractivity contribution in [3.8, 4) is 0 Å². The molecule has 0 aromatic rings. The summed E-state index contributed by atoms with van der Waals surface area (Å²) >= 11 is 1.62. The fourth-order valence-corrected chi connectivity index (χ4v) is 1.78. The number of carbonyl (C=O) groups is 2. The summed E-state index contributed by atoms with van der Waals surface area (Å²) in [5, 5.41) is 17.7. The molecule has 0 bridgehead atoms. The molecular formula is C10H18O5S. The molecule has 0 saturated carbocycles. The monoisotopic (exact) mass is 250 g/mol. The second-order valence-corrected chi connectivity index (χ2v) is 4.57. The van der Waals surface area contributed by atoms with E-state index in [1.54, 1.807) is 11.8 Å². The van der Waals surface area contributed by atoms with Crippen LogP contribution in [-0.2, 0) is 14.3 Å². The van der Waals surface area contributed by atoms with Crippen molar-refractivity contribution < 1.29 is 24.5 Å². The Morgan fingerprint density at radius 3 is 2.44 bits per heavy atom. The predicted molar refractivity (Wildman–Crippen MR) is 61.4 cm³/mol. The van der Waals surface area contributed by atoms with Crippen LogP contribution < -0.4 is 0 Å². The van der Waals surface area contributed by atoms with Crippen molar-refractivity contribution >= 4 is 23.7 Å². The second kappa shape index (κ2) is 8.41. The highest BCUT2D eigenvalue weighted by molar-refractivity contribution is 7.99. The minimum Gasteiger partial charge on any atom is -0.479 e. The zero-order chi connectivity index (χ0) is 12.6. The number of aliphatic hydroxyl groups is 1. The number of rotatable bonds is 8. The molecule has 2 N–H and O–H groups in total. The summed E-state index contributed by atoms with van der Waals surface area (Å²) in [5.74, 6) is -0.492. The summed E-state index contributed by atoms with van der Waals surface area (Å²) in [4.78, 5) is 21.8. The smallest absolute Gasteiger partial charge is 0.345 e. The van der Waals surface area contributed by atoms with Crippen molar-refractivity contribution in [1.29, 1.82) is 0 Å². The standard InChI is InChI=1S/C10H18O5S/c1-3-5-16-6-4-8(9(12)13)15-10(14)7(2)11/h7-8,11H,3-6H2,1-2H3,(H,12,13). The van der Waals surface area contributed by atoms with Gasteiger partial charge in [0.15, 0.2) is 6.10 Å². The molecule has 0 spiro atoms. The molecular weight excluding hydrogens is 232 g/mol. The van der Waals surface area contributed by atoms with Gasteiger partial charge < -0.3 is 14.9 Å². The average Bonchev–Trinajstić information content (AvgIpc) is 2.21. The van der Waals surface area contributed by atoms with Crippen LogP contribution in [0.15, 0.2) is 0 Å². The van der Waals surface area contributed by atoms with E-state index >= 15 is 0 Å². The third kappa shape index (κ3) is 6.68. The van der Waals surface area contributed by atoms with Gasteiger partial charge in [-0.05, 0) is 24.9 Å². The highest BCUT2D eigenvalue weighted by Crippen LogP contribution is 2.09. The Morgan fingerprint density at radius 1 is 1.38 bits per heavy atom. The van der Waals surface area contributed by atoms with Gasteiger partial charge in [-0.3, -0.25) is 0 Å². The zero-order valence-corrected chi connectivity index (χ0v) is 10.3. The Kier molecular flexibility index (Phi) is 8.01. The average molecular weight is 250 g/mol. The van der Waals surface area contributed by atoms with Gasteiger partial charge in [0.05, 0.1) is 0 Å². The summed E-state index contributed by atoms with van der Waals surface area (Å²) < 4.78 is 4.65. The number of carboxylic acid groups (broad SMARTS) is 1. The van der Waals surface area contributed by atoms with Gasteiger partial charge in [-0.1, -0.05) is 6.92 Å². The van der Waals surface area contributed by atoms with E-state index in [1.165, 1.54) is 6.92 Å². The van der Waals surface area contributed by atoms with Gasteiger partial charge in [0.2, 0.25) is 0 Å². The lowest BCUT2D eigenvalue weighted by atomic mass is 10.3. The number of ether oxygens (including phenoxy) is 1. The molecule has 0 aromatic heterocycles. The van der Waals surface area contributed by atoms with E-state index in [0.29, 0.717) is 5.75 Å². The van der Waals surface area contributed by atoms with Crippen LogP contribution in [0.2, 0.25) is 0 Å². The third-order valence-corrected chi connectivity index (χ3v) is 2.97. The number of esters is 1. The molecule has 6 heteroatoms. The minimum absolute atomic E-state index is 0.262. The minimum atomic E-state index is -1.29. The van der Waals surface area contributed by atoms with E-state index in [1.807, 2.05) is 6.92 Å². The van der Waals surface area contributed by atoms with Crippen molar-refractivity contribution in [2.45, 2.75) is 38.9 Å². The van der Waals surface area contributed by atoms with E-state index in [2.05, 4.69) is 4.74 Å². The number of carbonyl (C=O) groups excluding carboxylic acids is 1. The predicted octanol–water partition coefficient (Wildman–Crippen LogP) is 0.897. The molecule has 0 aliphatic rings. The first-order valence-electron chi connectivity index (χ1n) is 5.18. The Balaban J connectivity index is 3.98. The molecule has 0 amide bonds. The SMILES string of the molecule is CCCSCCC(OC(=O)C(C)O)C(=O)O. The first kappa shape index (κ1) is 15.2. The van der Waals surface area contributed by atoms with E-state index in [-0.39, 0.29) is 6.42 Å². The van der Waals surface area contributed by atoms with Crippen molar-refractivity contribution in [3.63, 3.8) is 0 Å². The van der Waals surface area contributed by atoms with Crippen LogP contribution in [0.4, 0.5) is 0 Å². The van der Waals surface area contributed by atoms with Crippen molar-refractivity contribution in [1.82, 2.24) is 0 Å². The van der Waals surface area contributed by atoms with Crippen LogP contribution in [0.3, 0.4) is 0 Å². The molecule has 5 nitrogen and oxygen atoms in total. The summed E-state index contributed by atoms with van der Waals surface area (Å²) in [5.41, 5.74) is 0. The molecule has 0 radical (unpaired) electrons. The fourth-order valence-electron chi connectivity index (χ4n) is 0.908. The van der Waals surface area contributed by atoms with Gasteiger partial charge in [0, 0.05) is 6.42 Å². The Hall–Kier alpha value is -0.750. The van der Waals surface area contributed by atoms with E-state index in [0.717, 1.165) is 12.2 Å². The van der Waals surface area contributed by atoms with Gasteiger partial charge in [-0.25, -0.2) is 9.59 Å². The van der Waals surface area contributed by atoms with Crippen molar-refractivity contribution in [2.24, 2.45) is 0 Å². The second-order valence-electron chi connectivity index (χ2n) is 3.34. The van der Waals surface area contributed by atoms with Crippen LogP contribution in [0.1, 0.15) is 26.7 Å². The van der Waals surface area contributed by atoms with Crippen LogP contribution >= 0.6 is 11.8 Å². The molecule has 0 rings (SSSR count). The van der Waals surface area contributed by atoms with Crippen molar-refractivity contribution in [2.75, 3.05) is 11.5 Å². The summed E-state index contributed by atoms with van der Waals surface area (Å²) in [6.45, 7) is 3.28. The number of hydrogen-bond acceptors (Lipinski definition) is 5. The molecule has 94 valence electrons.